The lowest BCUT2D eigenvalue weighted by atomic mass is 10.0. The molecule has 3 aromatic rings. The lowest BCUT2D eigenvalue weighted by Crippen LogP contribution is -2.46. The molecule has 3 aromatic carbocycles. The SMILES string of the molecule is CC(CN1CCC(Nc2ccc(Cl)c(Cl)c2)CC1)N(Cc1ccccc1)Cc1ccccc1. The number of benzene rings is 3. The van der Waals surface area contributed by atoms with Gasteiger partial charge < -0.3 is 10.2 Å². The molecule has 5 heteroatoms. The Hall–Kier alpha value is -2.04. The molecule has 1 atom stereocenters. The van der Waals surface area contributed by atoms with Crippen molar-refractivity contribution in [3.05, 3.63) is 100 Å². The van der Waals surface area contributed by atoms with Gasteiger partial charge in [-0.2, -0.15) is 0 Å². The lowest BCUT2D eigenvalue weighted by Gasteiger charge is -2.37. The summed E-state index contributed by atoms with van der Waals surface area (Å²) in [6.07, 6.45) is 2.26. The normalized spacial score (nSPS) is 16.1. The van der Waals surface area contributed by atoms with E-state index < -0.39 is 0 Å². The molecule has 0 aliphatic carbocycles. The molecular formula is C28H33Cl2N3. The van der Waals surface area contributed by atoms with Crippen LogP contribution >= 0.6 is 23.2 Å². The number of nitrogens with zero attached hydrogens (tertiary/aromatic N) is 2. The van der Waals surface area contributed by atoms with Crippen LogP contribution in [0.15, 0.2) is 78.9 Å². The van der Waals surface area contributed by atoms with Gasteiger partial charge in [-0.05, 0) is 49.1 Å². The molecule has 0 amide bonds. The molecule has 0 spiro atoms. The van der Waals surface area contributed by atoms with E-state index in [1.54, 1.807) is 0 Å². The summed E-state index contributed by atoms with van der Waals surface area (Å²) in [7, 11) is 0. The van der Waals surface area contributed by atoms with E-state index in [9.17, 15) is 0 Å². The van der Waals surface area contributed by atoms with E-state index in [1.807, 2.05) is 18.2 Å². The first-order valence-corrected chi connectivity index (χ1v) is 12.6. The molecule has 0 radical (unpaired) electrons. The van der Waals surface area contributed by atoms with Gasteiger partial charge in [-0.3, -0.25) is 4.90 Å². The Kier molecular flexibility index (Phi) is 8.69. The number of anilines is 1. The van der Waals surface area contributed by atoms with Gasteiger partial charge in [0.05, 0.1) is 10.0 Å². The molecule has 1 saturated heterocycles. The number of halogens is 2. The number of hydrogen-bond donors (Lipinski definition) is 1. The van der Waals surface area contributed by atoms with Crippen molar-refractivity contribution in [1.29, 1.82) is 0 Å². The van der Waals surface area contributed by atoms with Crippen molar-refractivity contribution in [1.82, 2.24) is 9.80 Å². The van der Waals surface area contributed by atoms with Gasteiger partial charge >= 0.3 is 0 Å². The van der Waals surface area contributed by atoms with Crippen molar-refractivity contribution in [2.75, 3.05) is 25.0 Å². The fourth-order valence-corrected chi connectivity index (χ4v) is 4.87. The maximum absolute atomic E-state index is 6.17. The zero-order valence-corrected chi connectivity index (χ0v) is 20.8. The standard InChI is InChI=1S/C28H33Cl2N3/c1-22(33(20-23-8-4-2-5-9-23)21-24-10-6-3-7-11-24)19-32-16-14-25(15-17-32)31-26-12-13-27(29)28(30)18-26/h2-13,18,22,25,31H,14-17,19-21H2,1H3. The average Bonchev–Trinajstić information content (AvgIpc) is 2.83. The first-order valence-electron chi connectivity index (χ1n) is 11.8. The summed E-state index contributed by atoms with van der Waals surface area (Å²) in [5.74, 6) is 0. The zero-order chi connectivity index (χ0) is 23.0. The maximum Gasteiger partial charge on any atom is 0.0612 e. The predicted octanol–water partition coefficient (Wildman–Crippen LogP) is 6.96. The number of hydrogen-bond acceptors (Lipinski definition) is 3. The molecule has 4 rings (SSSR count). The van der Waals surface area contributed by atoms with Crippen LogP contribution in [0.5, 0.6) is 0 Å². The number of nitrogens with one attached hydrogen (secondary N) is 1. The second kappa shape index (κ2) is 11.9. The highest BCUT2D eigenvalue weighted by molar-refractivity contribution is 6.42. The third-order valence-corrected chi connectivity index (χ3v) is 7.22. The summed E-state index contributed by atoms with van der Waals surface area (Å²) in [4.78, 5) is 5.21. The zero-order valence-electron chi connectivity index (χ0n) is 19.3. The molecule has 0 aromatic heterocycles. The number of piperidine rings is 1. The Balaban J connectivity index is 1.32. The minimum absolute atomic E-state index is 0.463. The second-order valence-corrected chi connectivity index (χ2v) is 9.89. The Morgan fingerprint density at radius 3 is 1.97 bits per heavy atom. The Bertz CT molecular complexity index is 947. The summed E-state index contributed by atoms with van der Waals surface area (Å²) in [5.41, 5.74) is 3.78. The summed E-state index contributed by atoms with van der Waals surface area (Å²) in [6, 6.07) is 28.3. The van der Waals surface area contributed by atoms with Crippen LogP contribution < -0.4 is 5.32 Å². The monoisotopic (exact) mass is 481 g/mol. The van der Waals surface area contributed by atoms with E-state index in [4.69, 9.17) is 23.2 Å². The van der Waals surface area contributed by atoms with Crippen LogP contribution in [-0.2, 0) is 13.1 Å². The van der Waals surface area contributed by atoms with Crippen molar-refractivity contribution in [2.45, 2.75) is 44.9 Å². The van der Waals surface area contributed by atoms with Gasteiger partial charge in [-0.1, -0.05) is 83.9 Å². The van der Waals surface area contributed by atoms with Gasteiger partial charge in [-0.15, -0.1) is 0 Å². The first kappa shape index (κ1) is 24.1. The fraction of sp³-hybridized carbons (Fsp3) is 0.357. The van der Waals surface area contributed by atoms with Crippen LogP contribution in [0.3, 0.4) is 0 Å². The highest BCUT2D eigenvalue weighted by atomic mass is 35.5. The lowest BCUT2D eigenvalue weighted by molar-refractivity contribution is 0.120. The maximum atomic E-state index is 6.17. The molecule has 3 nitrogen and oxygen atoms in total. The largest absolute Gasteiger partial charge is 0.382 e. The molecule has 0 bridgehead atoms. The van der Waals surface area contributed by atoms with Crippen LogP contribution in [0.2, 0.25) is 10.0 Å². The minimum atomic E-state index is 0.463. The molecule has 1 unspecified atom stereocenters. The molecule has 1 heterocycles. The number of likely N-dealkylation sites (tertiary alicyclic amines) is 1. The van der Waals surface area contributed by atoms with Gasteiger partial charge in [0.25, 0.3) is 0 Å². The van der Waals surface area contributed by atoms with Crippen molar-refractivity contribution in [3.63, 3.8) is 0 Å². The quantitative estimate of drug-likeness (QED) is 0.356. The third kappa shape index (κ3) is 7.22. The molecular weight excluding hydrogens is 449 g/mol. The van der Waals surface area contributed by atoms with Crippen LogP contribution in [0.25, 0.3) is 0 Å². The Labute approximate surface area is 208 Å². The van der Waals surface area contributed by atoms with E-state index in [1.165, 1.54) is 11.1 Å². The van der Waals surface area contributed by atoms with Crippen LogP contribution in [-0.4, -0.2) is 41.5 Å². The minimum Gasteiger partial charge on any atom is -0.382 e. The molecule has 1 aliphatic heterocycles. The predicted molar refractivity (Wildman–Crippen MR) is 141 cm³/mol. The molecule has 1 N–H and O–H groups in total. The highest BCUT2D eigenvalue weighted by Gasteiger charge is 2.23. The molecule has 1 aliphatic rings. The van der Waals surface area contributed by atoms with Gasteiger partial charge in [0, 0.05) is 50.5 Å². The van der Waals surface area contributed by atoms with Crippen LogP contribution in [0, 0.1) is 0 Å². The topological polar surface area (TPSA) is 18.5 Å². The van der Waals surface area contributed by atoms with E-state index >= 15 is 0 Å². The smallest absolute Gasteiger partial charge is 0.0612 e. The van der Waals surface area contributed by atoms with Gasteiger partial charge in [0.1, 0.15) is 0 Å². The molecule has 174 valence electrons. The second-order valence-electron chi connectivity index (χ2n) is 9.07. The third-order valence-electron chi connectivity index (χ3n) is 6.48. The van der Waals surface area contributed by atoms with Crippen molar-refractivity contribution >= 4 is 28.9 Å². The van der Waals surface area contributed by atoms with Gasteiger partial charge in [0.15, 0.2) is 0 Å². The molecule has 1 fully saturated rings. The molecule has 0 saturated carbocycles. The van der Waals surface area contributed by atoms with Gasteiger partial charge in [0.2, 0.25) is 0 Å². The average molecular weight is 482 g/mol. The van der Waals surface area contributed by atoms with Gasteiger partial charge in [-0.25, -0.2) is 0 Å². The molecule has 33 heavy (non-hydrogen) atoms. The van der Waals surface area contributed by atoms with E-state index in [0.29, 0.717) is 22.1 Å². The van der Waals surface area contributed by atoms with E-state index in [0.717, 1.165) is 51.3 Å². The van der Waals surface area contributed by atoms with Crippen LogP contribution in [0.1, 0.15) is 30.9 Å². The van der Waals surface area contributed by atoms with E-state index in [-0.39, 0.29) is 0 Å². The van der Waals surface area contributed by atoms with Crippen molar-refractivity contribution in [2.24, 2.45) is 0 Å². The first-order chi connectivity index (χ1) is 16.1. The van der Waals surface area contributed by atoms with E-state index in [2.05, 4.69) is 82.7 Å². The van der Waals surface area contributed by atoms with Crippen molar-refractivity contribution < 1.29 is 0 Å². The van der Waals surface area contributed by atoms with Crippen LogP contribution in [0.4, 0.5) is 5.69 Å². The fourth-order valence-electron chi connectivity index (χ4n) is 4.57. The summed E-state index contributed by atoms with van der Waals surface area (Å²) >= 11 is 12.2. The summed E-state index contributed by atoms with van der Waals surface area (Å²) in [5, 5.41) is 4.83. The number of rotatable bonds is 9. The Morgan fingerprint density at radius 1 is 0.848 bits per heavy atom. The summed E-state index contributed by atoms with van der Waals surface area (Å²) in [6.45, 7) is 7.59. The summed E-state index contributed by atoms with van der Waals surface area (Å²) < 4.78 is 0. The highest BCUT2D eigenvalue weighted by Crippen LogP contribution is 2.26. The Morgan fingerprint density at radius 2 is 1.42 bits per heavy atom. The van der Waals surface area contributed by atoms with Crippen molar-refractivity contribution in [3.8, 4) is 0 Å².